The number of methoxy groups -OCH3 is 1. The highest BCUT2D eigenvalue weighted by Crippen LogP contribution is 2.19. The van der Waals surface area contributed by atoms with Gasteiger partial charge in [0.15, 0.2) is 0 Å². The van der Waals surface area contributed by atoms with E-state index in [0.29, 0.717) is 5.75 Å². The molecule has 1 aromatic carbocycles. The molecule has 0 saturated carbocycles. The summed E-state index contributed by atoms with van der Waals surface area (Å²) >= 11 is 0. The first-order valence-corrected chi connectivity index (χ1v) is 6.01. The van der Waals surface area contributed by atoms with E-state index in [0.717, 1.165) is 26.1 Å². The third-order valence-corrected chi connectivity index (χ3v) is 2.85. The number of phenols is 1. The van der Waals surface area contributed by atoms with Gasteiger partial charge in [-0.1, -0.05) is 26.0 Å². The van der Waals surface area contributed by atoms with Gasteiger partial charge in [-0.05, 0) is 29.5 Å². The van der Waals surface area contributed by atoms with Crippen LogP contribution in [0.3, 0.4) is 0 Å². The maximum absolute atomic E-state index is 9.17. The fraction of sp³-hybridized carbons (Fsp3) is 0.571. The molecule has 1 rings (SSSR count). The number of rotatable bonds is 7. The van der Waals surface area contributed by atoms with E-state index >= 15 is 0 Å². The van der Waals surface area contributed by atoms with Gasteiger partial charge in [-0.25, -0.2) is 0 Å². The molecule has 0 unspecified atom stereocenters. The van der Waals surface area contributed by atoms with Crippen LogP contribution in [-0.2, 0) is 11.3 Å². The number of phenolic OH excluding ortho intramolecular Hbond substituents is 1. The van der Waals surface area contributed by atoms with Gasteiger partial charge in [0.25, 0.3) is 0 Å². The van der Waals surface area contributed by atoms with Crippen molar-refractivity contribution in [2.75, 3.05) is 20.3 Å². The standard InChI is InChI=1S/C14H23NO2/c1-14(2,8-9-17-3)11-15-10-12-4-6-13(16)7-5-12/h4-7,15-16H,8-11H2,1-3H3. The molecule has 1 aromatic rings. The van der Waals surface area contributed by atoms with E-state index in [1.54, 1.807) is 19.2 Å². The highest BCUT2D eigenvalue weighted by molar-refractivity contribution is 5.25. The molecule has 0 aromatic heterocycles. The Balaban J connectivity index is 2.29. The Labute approximate surface area is 104 Å². The summed E-state index contributed by atoms with van der Waals surface area (Å²) in [6, 6.07) is 7.30. The van der Waals surface area contributed by atoms with Crippen LogP contribution < -0.4 is 5.32 Å². The molecule has 0 amide bonds. The summed E-state index contributed by atoms with van der Waals surface area (Å²) in [7, 11) is 1.74. The van der Waals surface area contributed by atoms with Crippen LogP contribution in [0, 0.1) is 5.41 Å². The van der Waals surface area contributed by atoms with Crippen LogP contribution in [0.4, 0.5) is 0 Å². The Kier molecular flexibility index (Phi) is 5.45. The lowest BCUT2D eigenvalue weighted by atomic mass is 9.89. The van der Waals surface area contributed by atoms with Crippen LogP contribution in [0.2, 0.25) is 0 Å². The Hall–Kier alpha value is -1.06. The molecule has 0 spiro atoms. The zero-order valence-corrected chi connectivity index (χ0v) is 11.0. The zero-order valence-electron chi connectivity index (χ0n) is 11.0. The van der Waals surface area contributed by atoms with Crippen LogP contribution in [-0.4, -0.2) is 25.4 Å². The monoisotopic (exact) mass is 237 g/mol. The first-order valence-electron chi connectivity index (χ1n) is 6.01. The summed E-state index contributed by atoms with van der Waals surface area (Å²) in [5.74, 6) is 0.314. The molecule has 3 nitrogen and oxygen atoms in total. The van der Waals surface area contributed by atoms with E-state index in [9.17, 15) is 5.11 Å². The average Bonchev–Trinajstić information content (AvgIpc) is 2.29. The first-order chi connectivity index (χ1) is 8.03. The Morgan fingerprint density at radius 3 is 2.47 bits per heavy atom. The molecular weight excluding hydrogens is 214 g/mol. The van der Waals surface area contributed by atoms with Crippen LogP contribution in [0.5, 0.6) is 5.75 Å². The van der Waals surface area contributed by atoms with Crippen molar-refractivity contribution in [2.45, 2.75) is 26.8 Å². The van der Waals surface area contributed by atoms with Crippen LogP contribution in [0.1, 0.15) is 25.8 Å². The van der Waals surface area contributed by atoms with Crippen molar-refractivity contribution < 1.29 is 9.84 Å². The third kappa shape index (κ3) is 5.71. The summed E-state index contributed by atoms with van der Waals surface area (Å²) in [5, 5.41) is 12.6. The van der Waals surface area contributed by atoms with Crippen LogP contribution in [0.15, 0.2) is 24.3 Å². The maximum atomic E-state index is 9.17. The lowest BCUT2D eigenvalue weighted by molar-refractivity contribution is 0.150. The number of nitrogens with one attached hydrogen (secondary N) is 1. The topological polar surface area (TPSA) is 41.5 Å². The van der Waals surface area contributed by atoms with Crippen molar-refractivity contribution in [3.05, 3.63) is 29.8 Å². The Morgan fingerprint density at radius 1 is 1.24 bits per heavy atom. The van der Waals surface area contributed by atoms with Crippen molar-refractivity contribution in [3.8, 4) is 5.75 Å². The summed E-state index contributed by atoms with van der Waals surface area (Å²) in [4.78, 5) is 0. The van der Waals surface area contributed by atoms with Gasteiger partial charge >= 0.3 is 0 Å². The smallest absolute Gasteiger partial charge is 0.115 e. The van der Waals surface area contributed by atoms with E-state index in [2.05, 4.69) is 19.2 Å². The molecule has 17 heavy (non-hydrogen) atoms. The molecule has 0 atom stereocenters. The number of hydrogen-bond acceptors (Lipinski definition) is 3. The van der Waals surface area contributed by atoms with Crippen molar-refractivity contribution >= 4 is 0 Å². The number of ether oxygens (including phenoxy) is 1. The number of aromatic hydroxyl groups is 1. The summed E-state index contributed by atoms with van der Waals surface area (Å²) in [6.45, 7) is 7.05. The predicted molar refractivity (Wildman–Crippen MR) is 70.1 cm³/mol. The molecule has 0 aliphatic rings. The molecule has 0 heterocycles. The lowest BCUT2D eigenvalue weighted by Gasteiger charge is -2.24. The molecular formula is C14H23NO2. The molecule has 2 N–H and O–H groups in total. The summed E-state index contributed by atoms with van der Waals surface area (Å²) < 4.78 is 5.10. The molecule has 96 valence electrons. The summed E-state index contributed by atoms with van der Waals surface area (Å²) in [6.07, 6.45) is 1.05. The minimum Gasteiger partial charge on any atom is -0.508 e. The number of hydrogen-bond donors (Lipinski definition) is 2. The van der Waals surface area contributed by atoms with Gasteiger partial charge in [-0.15, -0.1) is 0 Å². The van der Waals surface area contributed by atoms with Crippen molar-refractivity contribution in [3.63, 3.8) is 0 Å². The molecule has 0 bridgehead atoms. The number of benzene rings is 1. The molecule has 0 radical (unpaired) electrons. The van der Waals surface area contributed by atoms with E-state index in [1.165, 1.54) is 5.56 Å². The van der Waals surface area contributed by atoms with Gasteiger partial charge in [-0.3, -0.25) is 0 Å². The van der Waals surface area contributed by atoms with E-state index in [-0.39, 0.29) is 5.41 Å². The molecule has 0 saturated heterocycles. The van der Waals surface area contributed by atoms with Crippen molar-refractivity contribution in [2.24, 2.45) is 5.41 Å². The predicted octanol–water partition coefficient (Wildman–Crippen LogP) is 2.54. The zero-order chi connectivity index (χ0) is 12.7. The van der Waals surface area contributed by atoms with E-state index in [4.69, 9.17) is 4.74 Å². The minimum atomic E-state index is 0.243. The van der Waals surface area contributed by atoms with Crippen molar-refractivity contribution in [1.29, 1.82) is 0 Å². The largest absolute Gasteiger partial charge is 0.508 e. The second-order valence-corrected chi connectivity index (χ2v) is 5.18. The van der Waals surface area contributed by atoms with Gasteiger partial charge in [0, 0.05) is 26.8 Å². The normalized spacial score (nSPS) is 11.7. The SMILES string of the molecule is COCCC(C)(C)CNCc1ccc(O)cc1. The van der Waals surface area contributed by atoms with Gasteiger partial charge in [0.2, 0.25) is 0 Å². The second kappa shape index (κ2) is 6.62. The highest BCUT2D eigenvalue weighted by Gasteiger charge is 2.16. The van der Waals surface area contributed by atoms with Gasteiger partial charge in [0.1, 0.15) is 5.75 Å². The van der Waals surface area contributed by atoms with Crippen molar-refractivity contribution in [1.82, 2.24) is 5.32 Å². The fourth-order valence-corrected chi connectivity index (χ4v) is 1.63. The van der Waals surface area contributed by atoms with Crippen LogP contribution >= 0.6 is 0 Å². The second-order valence-electron chi connectivity index (χ2n) is 5.18. The molecule has 0 aliphatic carbocycles. The molecule has 0 aliphatic heterocycles. The molecule has 3 heteroatoms. The van der Waals surface area contributed by atoms with E-state index in [1.807, 2.05) is 12.1 Å². The highest BCUT2D eigenvalue weighted by atomic mass is 16.5. The Morgan fingerprint density at radius 2 is 1.88 bits per heavy atom. The fourth-order valence-electron chi connectivity index (χ4n) is 1.63. The van der Waals surface area contributed by atoms with Gasteiger partial charge < -0.3 is 15.2 Å². The quantitative estimate of drug-likeness (QED) is 0.765. The Bertz CT molecular complexity index is 319. The molecule has 0 fully saturated rings. The minimum absolute atomic E-state index is 0.243. The third-order valence-electron chi connectivity index (χ3n) is 2.85. The maximum Gasteiger partial charge on any atom is 0.115 e. The first kappa shape index (κ1) is 14.0. The lowest BCUT2D eigenvalue weighted by Crippen LogP contribution is -2.30. The van der Waals surface area contributed by atoms with Crippen LogP contribution in [0.25, 0.3) is 0 Å². The summed E-state index contributed by atoms with van der Waals surface area (Å²) in [5.41, 5.74) is 1.43. The van der Waals surface area contributed by atoms with E-state index < -0.39 is 0 Å². The van der Waals surface area contributed by atoms with Gasteiger partial charge in [-0.2, -0.15) is 0 Å². The van der Waals surface area contributed by atoms with Gasteiger partial charge in [0.05, 0.1) is 0 Å². The average molecular weight is 237 g/mol.